The molecule has 0 heterocycles. The molecule has 0 aromatic heterocycles. The van der Waals surface area contributed by atoms with Gasteiger partial charge in [0.05, 0.1) is 25.4 Å². The molecule has 478 valence electrons. The summed E-state index contributed by atoms with van der Waals surface area (Å²) in [5.41, 5.74) is 0. The summed E-state index contributed by atoms with van der Waals surface area (Å²) in [6.07, 6.45) is 90.7. The first-order valence-corrected chi connectivity index (χ1v) is 36.7. The molecule has 3 N–H and O–H groups in total. The second kappa shape index (κ2) is 70.6. The quantitative estimate of drug-likeness (QED) is 0.0320. The number of aliphatic hydroxyl groups excluding tert-OH is 2. The number of nitrogens with one attached hydrogen (secondary N) is 1. The largest absolute Gasteiger partial charge is 0.466 e. The first-order valence-electron chi connectivity index (χ1n) is 36.7. The van der Waals surface area contributed by atoms with E-state index in [1.165, 1.54) is 321 Å². The fourth-order valence-electron chi connectivity index (χ4n) is 11.5. The monoisotopic (exact) mass is 1140 g/mol. The molecule has 0 aliphatic rings. The second-order valence-corrected chi connectivity index (χ2v) is 25.3. The number of hydrogen-bond acceptors (Lipinski definition) is 5. The van der Waals surface area contributed by atoms with Crippen LogP contribution in [0, 0.1) is 0 Å². The highest BCUT2D eigenvalue weighted by atomic mass is 16.5. The molecule has 0 saturated carbocycles. The van der Waals surface area contributed by atoms with Crippen molar-refractivity contribution in [2.24, 2.45) is 0 Å². The molecule has 0 bridgehead atoms. The van der Waals surface area contributed by atoms with E-state index in [2.05, 4.69) is 55.6 Å². The minimum atomic E-state index is -0.661. The Balaban J connectivity index is 3.33. The van der Waals surface area contributed by atoms with Gasteiger partial charge in [-0.05, 0) is 77.0 Å². The summed E-state index contributed by atoms with van der Waals surface area (Å²) in [7, 11) is 0. The standard InChI is InChI=1S/C75H143NO5/c1-3-5-7-9-11-13-15-17-40-43-47-51-55-59-63-67-73(78)72(71-77)76-74(79)68-64-60-56-52-48-44-41-38-36-34-32-30-28-26-24-22-20-19-21-23-25-27-29-31-33-35-37-39-42-46-50-54-58-62-66-70-81-75(80)69-65-61-57-53-49-45-18-16-14-12-10-8-6-4-2/h10,12,16,18,21,23,72-73,77-78H,3-9,11,13-15,17,19-20,22,24-71H2,1-2H3,(H,76,79)/b12-10-,18-16-,23-21-. The van der Waals surface area contributed by atoms with Crippen molar-refractivity contribution in [1.82, 2.24) is 5.32 Å². The van der Waals surface area contributed by atoms with Crippen LogP contribution in [0.4, 0.5) is 0 Å². The van der Waals surface area contributed by atoms with E-state index in [-0.39, 0.29) is 18.5 Å². The Morgan fingerprint density at radius 1 is 0.346 bits per heavy atom. The van der Waals surface area contributed by atoms with Gasteiger partial charge in [-0.25, -0.2) is 0 Å². The lowest BCUT2D eigenvalue weighted by Crippen LogP contribution is -2.45. The van der Waals surface area contributed by atoms with E-state index in [0.717, 1.165) is 51.4 Å². The maximum Gasteiger partial charge on any atom is 0.305 e. The van der Waals surface area contributed by atoms with Crippen LogP contribution >= 0.6 is 0 Å². The molecular weight excluding hydrogens is 995 g/mol. The van der Waals surface area contributed by atoms with E-state index in [1.54, 1.807) is 0 Å². The van der Waals surface area contributed by atoms with Crippen LogP contribution in [0.5, 0.6) is 0 Å². The van der Waals surface area contributed by atoms with Gasteiger partial charge in [0.15, 0.2) is 0 Å². The maximum atomic E-state index is 12.5. The first kappa shape index (κ1) is 79.1. The third-order valence-electron chi connectivity index (χ3n) is 17.2. The van der Waals surface area contributed by atoms with Crippen LogP contribution in [0.15, 0.2) is 36.5 Å². The Labute approximate surface area is 506 Å². The van der Waals surface area contributed by atoms with Crippen molar-refractivity contribution in [3.63, 3.8) is 0 Å². The maximum absolute atomic E-state index is 12.5. The van der Waals surface area contributed by atoms with Gasteiger partial charge in [-0.3, -0.25) is 9.59 Å². The Morgan fingerprint density at radius 3 is 0.988 bits per heavy atom. The summed E-state index contributed by atoms with van der Waals surface area (Å²) in [6.45, 7) is 4.94. The van der Waals surface area contributed by atoms with E-state index in [9.17, 15) is 19.8 Å². The molecule has 2 unspecified atom stereocenters. The van der Waals surface area contributed by atoms with Gasteiger partial charge in [0.25, 0.3) is 0 Å². The zero-order chi connectivity index (χ0) is 58.5. The first-order chi connectivity index (χ1) is 40.0. The number of carbonyl (C=O) groups is 2. The van der Waals surface area contributed by atoms with E-state index in [1.807, 2.05) is 0 Å². The SMILES string of the molecule is CCCC/C=C\C/C=C\CCCCCCCC(=O)OCCCCCCCCCCCCCCCC/C=C\CCCCCCCCCCCCCCCCCCCC(=O)NC(CO)C(O)CCCCCCCCCCCCCCCCC. The van der Waals surface area contributed by atoms with Crippen LogP contribution in [-0.4, -0.2) is 47.4 Å². The lowest BCUT2D eigenvalue weighted by molar-refractivity contribution is -0.143. The lowest BCUT2D eigenvalue weighted by atomic mass is 10.0. The predicted molar refractivity (Wildman–Crippen MR) is 356 cm³/mol. The highest BCUT2D eigenvalue weighted by Crippen LogP contribution is 2.19. The molecule has 81 heavy (non-hydrogen) atoms. The molecule has 0 saturated heterocycles. The Kier molecular flexibility index (Phi) is 68.9. The van der Waals surface area contributed by atoms with E-state index >= 15 is 0 Å². The van der Waals surface area contributed by atoms with E-state index in [0.29, 0.717) is 25.9 Å². The topological polar surface area (TPSA) is 95.9 Å². The van der Waals surface area contributed by atoms with Crippen molar-refractivity contribution in [2.75, 3.05) is 13.2 Å². The van der Waals surface area contributed by atoms with Gasteiger partial charge in [-0.1, -0.05) is 352 Å². The van der Waals surface area contributed by atoms with Gasteiger partial charge in [-0.15, -0.1) is 0 Å². The van der Waals surface area contributed by atoms with Crippen LogP contribution in [0.3, 0.4) is 0 Å². The minimum Gasteiger partial charge on any atom is -0.466 e. The highest BCUT2D eigenvalue weighted by molar-refractivity contribution is 5.76. The van der Waals surface area contributed by atoms with Crippen LogP contribution in [0.25, 0.3) is 0 Å². The fourth-order valence-corrected chi connectivity index (χ4v) is 11.5. The molecule has 0 aromatic carbocycles. The zero-order valence-electron chi connectivity index (χ0n) is 54.8. The van der Waals surface area contributed by atoms with Gasteiger partial charge in [0.1, 0.15) is 0 Å². The smallest absolute Gasteiger partial charge is 0.305 e. The number of aliphatic hydroxyl groups is 2. The average Bonchev–Trinajstić information content (AvgIpc) is 3.47. The van der Waals surface area contributed by atoms with Crippen molar-refractivity contribution in [3.05, 3.63) is 36.5 Å². The number of esters is 1. The number of rotatable bonds is 69. The van der Waals surface area contributed by atoms with E-state index in [4.69, 9.17) is 4.74 Å². The summed E-state index contributed by atoms with van der Waals surface area (Å²) in [5, 5.41) is 23.3. The summed E-state index contributed by atoms with van der Waals surface area (Å²) < 4.78 is 5.48. The molecule has 0 aromatic rings. The Morgan fingerprint density at radius 2 is 0.630 bits per heavy atom. The van der Waals surface area contributed by atoms with Gasteiger partial charge >= 0.3 is 5.97 Å². The van der Waals surface area contributed by atoms with Crippen molar-refractivity contribution < 1.29 is 24.5 Å². The molecule has 0 spiro atoms. The third-order valence-corrected chi connectivity index (χ3v) is 17.2. The molecule has 0 radical (unpaired) electrons. The van der Waals surface area contributed by atoms with Gasteiger partial charge in [0, 0.05) is 12.8 Å². The zero-order valence-corrected chi connectivity index (χ0v) is 54.8. The molecule has 1 amide bonds. The van der Waals surface area contributed by atoms with Gasteiger partial charge < -0.3 is 20.3 Å². The number of allylic oxidation sites excluding steroid dienone is 6. The van der Waals surface area contributed by atoms with Crippen LogP contribution in [0.2, 0.25) is 0 Å². The molecule has 0 rings (SSSR count). The molecule has 0 aliphatic heterocycles. The van der Waals surface area contributed by atoms with Crippen LogP contribution in [-0.2, 0) is 14.3 Å². The van der Waals surface area contributed by atoms with Crippen molar-refractivity contribution in [3.8, 4) is 0 Å². The number of ether oxygens (including phenoxy) is 1. The predicted octanol–water partition coefficient (Wildman–Crippen LogP) is 23.9. The van der Waals surface area contributed by atoms with Crippen molar-refractivity contribution >= 4 is 11.9 Å². The highest BCUT2D eigenvalue weighted by Gasteiger charge is 2.20. The third kappa shape index (κ3) is 67.1. The average molecular weight is 1140 g/mol. The number of carbonyl (C=O) groups excluding carboxylic acids is 2. The fraction of sp³-hybridized carbons (Fsp3) is 0.893. The summed E-state index contributed by atoms with van der Waals surface area (Å²) in [4.78, 5) is 24.6. The van der Waals surface area contributed by atoms with Gasteiger partial charge in [-0.2, -0.15) is 0 Å². The molecule has 0 fully saturated rings. The van der Waals surface area contributed by atoms with Crippen LogP contribution in [0.1, 0.15) is 406 Å². The molecule has 6 nitrogen and oxygen atoms in total. The van der Waals surface area contributed by atoms with Gasteiger partial charge in [0.2, 0.25) is 5.91 Å². The number of unbranched alkanes of at least 4 members (excludes halogenated alkanes) is 52. The van der Waals surface area contributed by atoms with Crippen LogP contribution < -0.4 is 5.32 Å². The summed E-state index contributed by atoms with van der Waals surface area (Å²) in [6, 6.07) is -0.538. The molecule has 6 heteroatoms. The molecule has 2 atom stereocenters. The minimum absolute atomic E-state index is 0.00585. The lowest BCUT2D eigenvalue weighted by Gasteiger charge is -2.22. The Bertz CT molecular complexity index is 1310. The molecule has 0 aliphatic carbocycles. The van der Waals surface area contributed by atoms with E-state index < -0.39 is 12.1 Å². The molecular formula is C75H143NO5. The Hall–Kier alpha value is -1.92. The number of amides is 1. The summed E-state index contributed by atoms with van der Waals surface area (Å²) in [5.74, 6) is -0.0227. The van der Waals surface area contributed by atoms with Crippen molar-refractivity contribution in [1.29, 1.82) is 0 Å². The van der Waals surface area contributed by atoms with Crippen molar-refractivity contribution in [2.45, 2.75) is 418 Å². The second-order valence-electron chi connectivity index (χ2n) is 25.3. The normalized spacial score (nSPS) is 12.7. The summed E-state index contributed by atoms with van der Waals surface area (Å²) >= 11 is 0. The number of hydrogen-bond donors (Lipinski definition) is 3.